The number of halogens is 11. The fourth-order valence-corrected chi connectivity index (χ4v) is 16.9. The zero-order chi connectivity index (χ0) is 103. The second-order valence-corrected chi connectivity index (χ2v) is 35.0. The van der Waals surface area contributed by atoms with E-state index < -0.39 is 30.1 Å². The van der Waals surface area contributed by atoms with Gasteiger partial charge >= 0.3 is 42.1 Å². The number of carbonyl (C=O) groups excluding carboxylic acids is 5. The number of nitrogens with two attached hydrogens (primary N) is 2. The summed E-state index contributed by atoms with van der Waals surface area (Å²) in [7, 11) is 16.7. The van der Waals surface area contributed by atoms with E-state index in [9.17, 15) is 50.3 Å². The monoisotopic (exact) mass is 2250 g/mol. The molecule has 776 valence electrons. The molecular formula is C105H113Br3Cl2F6N14O16. The van der Waals surface area contributed by atoms with Crippen LogP contribution in [0.25, 0.3) is 43.6 Å². The van der Waals surface area contributed by atoms with Gasteiger partial charge in [0.15, 0.2) is 46.0 Å². The summed E-state index contributed by atoms with van der Waals surface area (Å²) < 4.78 is 134. The number of rotatable bonds is 17. The van der Waals surface area contributed by atoms with Crippen molar-refractivity contribution < 1.29 is 102 Å². The molecule has 10 aromatic carbocycles. The molecule has 2 amide bonds. The lowest BCUT2D eigenvalue weighted by Gasteiger charge is -2.30. The quantitative estimate of drug-likeness (QED) is 0.0370. The summed E-state index contributed by atoms with van der Waals surface area (Å²) in [6, 6.07) is 52.7. The predicted molar refractivity (Wildman–Crippen MR) is 562 cm³/mol. The third-order valence-corrected chi connectivity index (χ3v) is 25.0. The smallest absolute Gasteiger partial charge is 0.471 e. The molecule has 4 aromatic heterocycles. The van der Waals surface area contributed by atoms with Crippen molar-refractivity contribution in [2.75, 3.05) is 127 Å². The van der Waals surface area contributed by atoms with Crippen LogP contribution in [-0.2, 0) is 88.5 Å². The topological polar surface area (TPSA) is 355 Å². The minimum Gasteiger partial charge on any atom is -0.493 e. The molecule has 41 heteroatoms. The SMILES string of the molecule is C.C.C.COC(=O)c1ccc2c(c1)CN(C(=O)C(F)(F)F)CC2.COC(=O)c1ccc2c(c1)CN(c1ncnc3cc(OC)c(OC)cc13)CC2.COC(=O)c1ccc2c(c1)CN(c1ncnc3cc(OC)c(OC)cc13)CC2.COc1cc2ncnc(Cl)c2cc1OC.COc1cc2ncnc(Cl)c2cc1OC.NCCc1ccc(Br)cc1.NCCc1ccc(Br)cc1.O=C(N1CCc2ccc(Br)cc2C1)C(F)(F)F. The number of ether oxygens (including phenoxy) is 11. The third kappa shape index (κ3) is 30.8. The number of anilines is 2. The molecule has 4 N–H and O–H groups in total. The second-order valence-electron chi connectivity index (χ2n) is 31.6. The first-order chi connectivity index (χ1) is 68.6. The molecule has 4 aliphatic rings. The van der Waals surface area contributed by atoms with E-state index in [1.165, 1.54) is 62.3 Å². The number of nitrogens with zero attached hydrogens (tertiary/aromatic N) is 12. The Kier molecular flexibility index (Phi) is 44.9. The standard InChI is InChI=1S/2C21H21N3O4.C13H12F3NO3.C11H9BrF3NO.2C10H9ClN2O2.2C8H10BrN.3CH4/c2*1-26-18-9-16-17(10-19(18)27-2)22-12-23-20(16)24-7-6-13-4-5-14(21(25)28-3)8-15(13)11-24;1-20-11(18)9-3-2-8-4-5-17(7-10(8)6-9)12(19)13(14,15)16;12-9-2-1-7-3-4-16(6-8(7)5-9)10(17)11(13,14)15;2*1-14-8-3-6-7(4-9(8)15-2)12-5-13-10(6)11;2*9-8-3-1-7(2-4-8)5-6-10;;;/h2*4-5,8-10,12H,6-7,11H2,1-3H3;2-3,6H,4-5,7H2,1H3;1-2,5H,3-4,6H2;2*3-5H,1-2H3;2*1-4H,5-6,10H2;3*1H4. The van der Waals surface area contributed by atoms with Crippen LogP contribution in [0.3, 0.4) is 0 Å². The van der Waals surface area contributed by atoms with E-state index >= 15 is 0 Å². The van der Waals surface area contributed by atoms with Gasteiger partial charge in [-0.15, -0.1) is 0 Å². The number of fused-ring (bicyclic) bond motifs is 8. The number of alkyl halides is 6. The lowest BCUT2D eigenvalue weighted by atomic mass is 9.97. The molecule has 4 aliphatic heterocycles. The first-order valence-corrected chi connectivity index (χ1v) is 47.1. The largest absolute Gasteiger partial charge is 0.493 e. The molecule has 30 nitrogen and oxygen atoms in total. The Bertz CT molecular complexity index is 6530. The third-order valence-electron chi connectivity index (χ3n) is 22.9. The van der Waals surface area contributed by atoms with E-state index in [0.717, 1.165) is 158 Å². The van der Waals surface area contributed by atoms with Gasteiger partial charge < -0.3 is 83.2 Å². The molecule has 146 heavy (non-hydrogen) atoms. The Morgan fingerprint density at radius 3 is 0.877 bits per heavy atom. The molecule has 0 aliphatic carbocycles. The second kappa shape index (κ2) is 55.7. The molecular weight excluding hydrogens is 2140 g/mol. The summed E-state index contributed by atoms with van der Waals surface area (Å²) in [6.07, 6.45) is 0.747. The number of benzene rings is 10. The molecule has 0 saturated heterocycles. The van der Waals surface area contributed by atoms with Crippen molar-refractivity contribution in [3.63, 3.8) is 0 Å². The van der Waals surface area contributed by atoms with E-state index in [2.05, 4.69) is 126 Å². The Morgan fingerprint density at radius 1 is 0.322 bits per heavy atom. The molecule has 0 fully saturated rings. The summed E-state index contributed by atoms with van der Waals surface area (Å²) >= 11 is 21.9. The molecule has 0 bridgehead atoms. The summed E-state index contributed by atoms with van der Waals surface area (Å²) in [5.41, 5.74) is 25.6. The van der Waals surface area contributed by atoms with Gasteiger partial charge in [0.05, 0.1) is 117 Å². The van der Waals surface area contributed by atoms with Crippen molar-refractivity contribution in [1.29, 1.82) is 0 Å². The van der Waals surface area contributed by atoms with E-state index in [4.69, 9.17) is 82.0 Å². The van der Waals surface area contributed by atoms with Crippen LogP contribution < -0.4 is 59.2 Å². The van der Waals surface area contributed by atoms with Crippen molar-refractivity contribution in [2.45, 2.75) is 99.3 Å². The normalized spacial score (nSPS) is 12.4. The highest BCUT2D eigenvalue weighted by atomic mass is 79.9. The number of hydrogen-bond donors (Lipinski definition) is 2. The highest BCUT2D eigenvalue weighted by Gasteiger charge is 2.45. The fourth-order valence-electron chi connectivity index (χ4n) is 15.6. The summed E-state index contributed by atoms with van der Waals surface area (Å²) in [5.74, 6) is 1.84. The Morgan fingerprint density at radius 2 is 0.582 bits per heavy atom. The molecule has 18 rings (SSSR count). The van der Waals surface area contributed by atoms with Crippen LogP contribution in [0.5, 0.6) is 46.0 Å². The molecule has 14 aromatic rings. The van der Waals surface area contributed by atoms with Crippen molar-refractivity contribution >= 4 is 156 Å². The first-order valence-electron chi connectivity index (χ1n) is 43.9. The Labute approximate surface area is 877 Å². The number of esters is 3. The van der Waals surface area contributed by atoms with Gasteiger partial charge in [-0.3, -0.25) is 9.59 Å². The average Bonchev–Trinajstić information content (AvgIpc) is 0.772. The zero-order valence-electron chi connectivity index (χ0n) is 79.5. The highest BCUT2D eigenvalue weighted by molar-refractivity contribution is 9.11. The Balaban J connectivity index is 0.000000208. The highest BCUT2D eigenvalue weighted by Crippen LogP contribution is 2.41. The molecule has 0 atom stereocenters. The van der Waals surface area contributed by atoms with Gasteiger partial charge in [0.2, 0.25) is 0 Å². The molecule has 0 radical (unpaired) electrons. The first kappa shape index (κ1) is 118. The minimum absolute atomic E-state index is 0. The van der Waals surface area contributed by atoms with Crippen LogP contribution in [0.15, 0.2) is 209 Å². The number of carbonyl (C=O) groups is 5. The minimum atomic E-state index is -4.88. The lowest BCUT2D eigenvalue weighted by molar-refractivity contribution is -0.186. The van der Waals surface area contributed by atoms with Gasteiger partial charge in [0, 0.05) is 112 Å². The van der Waals surface area contributed by atoms with E-state index in [-0.39, 0.29) is 66.0 Å². The van der Waals surface area contributed by atoms with Gasteiger partial charge in [0.25, 0.3) is 0 Å². The van der Waals surface area contributed by atoms with Crippen LogP contribution in [0.4, 0.5) is 38.0 Å². The maximum atomic E-state index is 12.4. The maximum Gasteiger partial charge on any atom is 0.471 e. The molecule has 0 saturated carbocycles. The number of hydrogen-bond acceptors (Lipinski definition) is 28. The van der Waals surface area contributed by atoms with Crippen LogP contribution in [0.1, 0.15) is 109 Å². The number of aromatic nitrogens is 8. The predicted octanol–water partition coefficient (Wildman–Crippen LogP) is 21.2. The van der Waals surface area contributed by atoms with E-state index in [1.807, 2.05) is 97.1 Å². The van der Waals surface area contributed by atoms with Gasteiger partial charge in [0.1, 0.15) is 47.3 Å². The Hall–Kier alpha value is -13.6. The number of amides is 2. The van der Waals surface area contributed by atoms with Crippen molar-refractivity contribution in [3.8, 4) is 46.0 Å². The zero-order valence-corrected chi connectivity index (χ0v) is 85.8. The van der Waals surface area contributed by atoms with Crippen molar-refractivity contribution in [1.82, 2.24) is 49.7 Å². The van der Waals surface area contributed by atoms with E-state index in [0.29, 0.717) is 98.9 Å². The van der Waals surface area contributed by atoms with Gasteiger partial charge in [-0.1, -0.05) is 142 Å². The lowest BCUT2D eigenvalue weighted by Crippen LogP contribution is -2.43. The van der Waals surface area contributed by atoms with Crippen molar-refractivity contribution in [3.05, 3.63) is 291 Å². The number of methoxy groups -OCH3 is 11. The van der Waals surface area contributed by atoms with Gasteiger partial charge in [-0.25, -0.2) is 54.3 Å². The fraction of sp³-hybridized carbons (Fsp3) is 0.305. The summed E-state index contributed by atoms with van der Waals surface area (Å²) in [6.45, 7) is 4.40. The van der Waals surface area contributed by atoms with E-state index in [1.54, 1.807) is 112 Å². The molecule has 0 unspecified atom stereocenters. The van der Waals surface area contributed by atoms with Crippen LogP contribution in [0.2, 0.25) is 10.3 Å². The van der Waals surface area contributed by atoms with Crippen LogP contribution in [0, 0.1) is 0 Å². The molecule has 0 spiro atoms. The molecule has 8 heterocycles. The van der Waals surface area contributed by atoms with Crippen LogP contribution >= 0.6 is 71.0 Å². The van der Waals surface area contributed by atoms with Crippen LogP contribution in [-0.4, -0.2) is 209 Å². The summed E-state index contributed by atoms with van der Waals surface area (Å²) in [5, 5.41) is 4.09. The van der Waals surface area contributed by atoms with Gasteiger partial charge in [-0.2, -0.15) is 26.3 Å². The average molecular weight is 2250 g/mol. The maximum absolute atomic E-state index is 12.4. The van der Waals surface area contributed by atoms with Gasteiger partial charge in [-0.05, 0) is 204 Å². The summed E-state index contributed by atoms with van der Waals surface area (Å²) in [4.78, 5) is 97.2. The van der Waals surface area contributed by atoms with Crippen molar-refractivity contribution in [2.24, 2.45) is 11.5 Å².